The minimum atomic E-state index is -1.12. The van der Waals surface area contributed by atoms with E-state index in [1.54, 1.807) is 20.8 Å². The van der Waals surface area contributed by atoms with Crippen LogP contribution in [0.25, 0.3) is 0 Å². The van der Waals surface area contributed by atoms with Gasteiger partial charge in [-0.2, -0.15) is 0 Å². The maximum atomic E-state index is 13.2. The quantitative estimate of drug-likeness (QED) is 0.105. The fourth-order valence-electron chi connectivity index (χ4n) is 5.26. The van der Waals surface area contributed by atoms with Gasteiger partial charge in [-0.15, -0.1) is 0 Å². The van der Waals surface area contributed by atoms with E-state index in [1.807, 2.05) is 0 Å². The van der Waals surface area contributed by atoms with Crippen LogP contribution in [0.1, 0.15) is 143 Å². The Morgan fingerprint density at radius 3 is 2.02 bits per heavy atom. The van der Waals surface area contributed by atoms with Crippen molar-refractivity contribution in [3.63, 3.8) is 0 Å². The van der Waals surface area contributed by atoms with Crippen LogP contribution in [0.3, 0.4) is 0 Å². The number of nitrogens with two attached hydrogens (primary N) is 1. The Bertz CT molecular complexity index is 873. The number of hydrogen-bond acceptors (Lipinski definition) is 7. The third kappa shape index (κ3) is 17.8. The molecule has 43 heavy (non-hydrogen) atoms. The highest BCUT2D eigenvalue weighted by atomic mass is 16.6. The van der Waals surface area contributed by atoms with Crippen molar-refractivity contribution in [2.75, 3.05) is 6.54 Å². The van der Waals surface area contributed by atoms with Gasteiger partial charge in [0.2, 0.25) is 11.8 Å². The summed E-state index contributed by atoms with van der Waals surface area (Å²) < 4.78 is 11.1. The number of likely N-dealkylation sites (tertiary alicyclic amines) is 1. The lowest BCUT2D eigenvalue weighted by Gasteiger charge is -2.29. The van der Waals surface area contributed by atoms with Gasteiger partial charge < -0.3 is 25.6 Å². The summed E-state index contributed by atoms with van der Waals surface area (Å²) in [7, 11) is 0. The second kappa shape index (κ2) is 21.0. The van der Waals surface area contributed by atoms with Crippen molar-refractivity contribution in [1.82, 2.24) is 10.2 Å². The van der Waals surface area contributed by atoms with Crippen molar-refractivity contribution in [3.05, 3.63) is 0 Å². The Balaban J connectivity index is 2.70. The van der Waals surface area contributed by atoms with Crippen molar-refractivity contribution >= 4 is 29.8 Å². The van der Waals surface area contributed by atoms with Crippen LogP contribution in [-0.4, -0.2) is 70.2 Å². The number of amides is 3. The molecule has 11 heteroatoms. The number of rotatable bonds is 22. The summed E-state index contributed by atoms with van der Waals surface area (Å²) in [5.74, 6) is -2.88. The molecule has 1 aliphatic rings. The predicted octanol–water partition coefficient (Wildman–Crippen LogP) is 5.61. The maximum absolute atomic E-state index is 13.2. The van der Waals surface area contributed by atoms with Crippen LogP contribution >= 0.6 is 0 Å². The van der Waals surface area contributed by atoms with Gasteiger partial charge in [0.1, 0.15) is 23.8 Å². The number of nitrogens with zero attached hydrogens (tertiary/aromatic N) is 1. The number of aliphatic carboxylic acids is 1. The summed E-state index contributed by atoms with van der Waals surface area (Å²) in [6.07, 6.45) is 12.8. The van der Waals surface area contributed by atoms with E-state index in [4.69, 9.17) is 20.3 Å². The first kappa shape index (κ1) is 38.2. The van der Waals surface area contributed by atoms with E-state index in [0.717, 1.165) is 25.7 Å². The van der Waals surface area contributed by atoms with Crippen molar-refractivity contribution in [2.45, 2.75) is 167 Å². The standard InChI is InChI=1S/C32H57N3O8/c1-5-6-7-8-9-10-11-12-13-14-15-18-24(23-27(33)36)42-30(40)25(19-16-21-28(37)38)34-29(39)26-20-17-22-35(26)31(41)43-32(2,3)4/h24-26H,5-23H2,1-4H3,(H2,33,36)(H,34,39)(H,37,38)/t24-,25-,26+/m0/s1. The topological polar surface area (TPSA) is 165 Å². The summed E-state index contributed by atoms with van der Waals surface area (Å²) in [6.45, 7) is 7.78. The normalized spacial score (nSPS) is 16.4. The Hall–Kier alpha value is -2.85. The number of carboxylic acid groups (broad SMARTS) is 1. The van der Waals surface area contributed by atoms with Crippen LogP contribution in [0, 0.1) is 0 Å². The van der Waals surface area contributed by atoms with Gasteiger partial charge in [-0.1, -0.05) is 71.1 Å². The number of primary amides is 1. The molecule has 0 aromatic heterocycles. The summed E-state index contributed by atoms with van der Waals surface area (Å²) in [5, 5.41) is 11.8. The average Bonchev–Trinajstić information content (AvgIpc) is 3.40. The molecule has 3 atom stereocenters. The highest BCUT2D eigenvalue weighted by Gasteiger charge is 2.38. The van der Waals surface area contributed by atoms with Crippen molar-refractivity contribution in [2.24, 2.45) is 5.73 Å². The zero-order valence-corrected chi connectivity index (χ0v) is 27.0. The Morgan fingerprint density at radius 1 is 0.907 bits per heavy atom. The zero-order chi connectivity index (χ0) is 32.3. The maximum Gasteiger partial charge on any atom is 0.410 e. The monoisotopic (exact) mass is 611 g/mol. The summed E-state index contributed by atoms with van der Waals surface area (Å²) >= 11 is 0. The molecule has 0 saturated carbocycles. The summed E-state index contributed by atoms with van der Waals surface area (Å²) in [5.41, 5.74) is 4.69. The van der Waals surface area contributed by atoms with Crippen LogP contribution in [-0.2, 0) is 28.7 Å². The average molecular weight is 612 g/mol. The zero-order valence-electron chi connectivity index (χ0n) is 27.0. The summed E-state index contributed by atoms with van der Waals surface area (Å²) in [6, 6.07) is -1.94. The van der Waals surface area contributed by atoms with Crippen LogP contribution < -0.4 is 11.1 Å². The lowest BCUT2D eigenvalue weighted by Crippen LogP contribution is -2.52. The minimum absolute atomic E-state index is 0.0395. The van der Waals surface area contributed by atoms with E-state index < -0.39 is 53.6 Å². The van der Waals surface area contributed by atoms with Crippen LogP contribution in [0.4, 0.5) is 4.79 Å². The summed E-state index contributed by atoms with van der Waals surface area (Å²) in [4.78, 5) is 63.3. The van der Waals surface area contributed by atoms with Crippen molar-refractivity contribution in [1.29, 1.82) is 0 Å². The molecule has 0 unspecified atom stereocenters. The molecule has 4 N–H and O–H groups in total. The molecule has 0 aromatic carbocycles. The van der Waals surface area contributed by atoms with Gasteiger partial charge in [0.15, 0.2) is 0 Å². The van der Waals surface area contributed by atoms with Gasteiger partial charge in [0.05, 0.1) is 6.42 Å². The van der Waals surface area contributed by atoms with Crippen molar-refractivity contribution in [3.8, 4) is 0 Å². The number of unbranched alkanes of at least 4 members (excludes halogenated alkanes) is 10. The largest absolute Gasteiger partial charge is 0.481 e. The number of carbonyl (C=O) groups excluding carboxylic acids is 4. The molecule has 1 fully saturated rings. The Kier molecular flexibility index (Phi) is 18.6. The number of carbonyl (C=O) groups is 5. The molecule has 1 aliphatic heterocycles. The van der Waals surface area contributed by atoms with Gasteiger partial charge in [-0.05, 0) is 59.3 Å². The molecule has 0 aliphatic carbocycles. The molecule has 1 heterocycles. The molecule has 248 valence electrons. The van der Waals surface area contributed by atoms with E-state index in [1.165, 1.54) is 49.8 Å². The van der Waals surface area contributed by atoms with E-state index in [0.29, 0.717) is 25.8 Å². The van der Waals surface area contributed by atoms with Gasteiger partial charge in [-0.3, -0.25) is 19.3 Å². The SMILES string of the molecule is CCCCCCCCCCCCC[C@@H](CC(N)=O)OC(=O)[C@H](CCCC(=O)O)NC(=O)[C@H]1CCCN1C(=O)OC(C)(C)C. The van der Waals surface area contributed by atoms with Gasteiger partial charge >= 0.3 is 18.0 Å². The minimum Gasteiger partial charge on any atom is -0.481 e. The lowest BCUT2D eigenvalue weighted by atomic mass is 10.0. The Morgan fingerprint density at radius 2 is 1.49 bits per heavy atom. The number of ether oxygens (including phenoxy) is 2. The van der Waals surface area contributed by atoms with Gasteiger partial charge in [-0.25, -0.2) is 9.59 Å². The molecule has 1 rings (SSSR count). The number of esters is 1. The molecule has 0 bridgehead atoms. The third-order valence-electron chi connectivity index (χ3n) is 7.51. The fraction of sp³-hybridized carbons (Fsp3) is 0.844. The molecule has 11 nitrogen and oxygen atoms in total. The number of nitrogens with one attached hydrogen (secondary N) is 1. The lowest BCUT2D eigenvalue weighted by molar-refractivity contribution is -0.155. The van der Waals surface area contributed by atoms with Crippen LogP contribution in [0.15, 0.2) is 0 Å². The molecule has 0 spiro atoms. The third-order valence-corrected chi connectivity index (χ3v) is 7.51. The number of hydrogen-bond donors (Lipinski definition) is 3. The van der Waals surface area contributed by atoms with E-state index in [-0.39, 0.29) is 25.7 Å². The van der Waals surface area contributed by atoms with E-state index in [9.17, 15) is 24.0 Å². The molecular weight excluding hydrogens is 554 g/mol. The van der Waals surface area contributed by atoms with Crippen LogP contribution in [0.2, 0.25) is 0 Å². The highest BCUT2D eigenvalue weighted by Crippen LogP contribution is 2.22. The van der Waals surface area contributed by atoms with Crippen molar-refractivity contribution < 1.29 is 38.6 Å². The molecule has 0 radical (unpaired) electrons. The first-order valence-corrected chi connectivity index (χ1v) is 16.3. The molecule has 1 saturated heterocycles. The highest BCUT2D eigenvalue weighted by molar-refractivity contribution is 5.90. The first-order valence-electron chi connectivity index (χ1n) is 16.3. The van der Waals surface area contributed by atoms with Gasteiger partial charge in [0.25, 0.3) is 0 Å². The second-order valence-electron chi connectivity index (χ2n) is 12.7. The molecule has 0 aromatic rings. The second-order valence-corrected chi connectivity index (χ2v) is 12.7. The Labute approximate surface area is 258 Å². The predicted molar refractivity (Wildman–Crippen MR) is 164 cm³/mol. The number of carboxylic acids is 1. The molecular formula is C32H57N3O8. The van der Waals surface area contributed by atoms with Gasteiger partial charge in [0, 0.05) is 13.0 Å². The first-order chi connectivity index (χ1) is 20.3. The van der Waals surface area contributed by atoms with E-state index in [2.05, 4.69) is 12.2 Å². The van der Waals surface area contributed by atoms with Crippen LogP contribution in [0.5, 0.6) is 0 Å². The van der Waals surface area contributed by atoms with E-state index >= 15 is 0 Å². The fourth-order valence-corrected chi connectivity index (χ4v) is 5.26. The smallest absolute Gasteiger partial charge is 0.410 e. The molecule has 3 amide bonds.